The van der Waals surface area contributed by atoms with Crippen LogP contribution in [0, 0.1) is 7.14 Å². The number of rotatable bonds is 4. The van der Waals surface area contributed by atoms with Crippen LogP contribution in [-0.2, 0) is 14.3 Å². The minimum atomic E-state index is -0.623. The van der Waals surface area contributed by atoms with E-state index >= 15 is 0 Å². The highest BCUT2D eigenvalue weighted by Crippen LogP contribution is 2.34. The number of ether oxygens (including phenoxy) is 1. The van der Waals surface area contributed by atoms with Crippen LogP contribution in [0.4, 0.5) is 4.79 Å². The predicted octanol–water partition coefficient (Wildman–Crippen LogP) is 3.59. The summed E-state index contributed by atoms with van der Waals surface area (Å²) in [5, 5.41) is 9.27. The van der Waals surface area contributed by atoms with Crippen molar-refractivity contribution in [3.05, 3.63) is 29.7 Å². The second-order valence-electron chi connectivity index (χ2n) is 5.14. The molecule has 9 heteroatoms. The average molecular weight is 573 g/mol. The van der Waals surface area contributed by atoms with E-state index in [-0.39, 0.29) is 16.8 Å². The van der Waals surface area contributed by atoms with Gasteiger partial charge in [0.15, 0.2) is 0 Å². The number of phenolic OH excluding ortho intramolecular Hbond substituents is 1. The van der Waals surface area contributed by atoms with Gasteiger partial charge in [-0.1, -0.05) is 0 Å². The third kappa shape index (κ3) is 4.63. The van der Waals surface area contributed by atoms with Gasteiger partial charge in [-0.15, -0.1) is 0 Å². The van der Waals surface area contributed by atoms with Crippen molar-refractivity contribution in [3.8, 4) is 5.75 Å². The summed E-state index contributed by atoms with van der Waals surface area (Å²) in [6.07, 6.45) is 1.26. The lowest BCUT2D eigenvalue weighted by Gasteiger charge is -2.13. The summed E-state index contributed by atoms with van der Waals surface area (Å²) in [6, 6.07) is 3.41. The summed E-state index contributed by atoms with van der Waals surface area (Å²) in [5.74, 6) is -0.969. The van der Waals surface area contributed by atoms with Crippen molar-refractivity contribution in [1.82, 2.24) is 4.90 Å². The van der Waals surface area contributed by atoms with E-state index in [0.717, 1.165) is 16.7 Å². The Morgan fingerprint density at radius 1 is 1.33 bits per heavy atom. The molecule has 24 heavy (non-hydrogen) atoms. The maximum Gasteiger partial charge on any atom is 0.326 e. The number of hydrogen-bond acceptors (Lipinski definition) is 6. The Bertz CT molecular complexity index is 724. The monoisotopic (exact) mass is 573 g/mol. The van der Waals surface area contributed by atoms with E-state index in [2.05, 4.69) is 0 Å². The van der Waals surface area contributed by atoms with Crippen molar-refractivity contribution in [1.29, 1.82) is 0 Å². The molecule has 0 unspecified atom stereocenters. The van der Waals surface area contributed by atoms with Crippen molar-refractivity contribution in [2.75, 3.05) is 6.54 Å². The van der Waals surface area contributed by atoms with Crippen LogP contribution in [0.15, 0.2) is 17.0 Å². The molecule has 1 fully saturated rings. The van der Waals surface area contributed by atoms with Crippen LogP contribution >= 0.6 is 56.9 Å². The molecule has 1 aromatic rings. The molecule has 1 N–H and O–H groups in total. The molecule has 0 aromatic heterocycles. The number of halogens is 2. The standard InChI is InChI=1S/C15H13I2NO5S/c1-7(2)23-12(19)6-18-14(21)11(24-15(18)22)5-8-3-9(16)13(20)10(17)4-8/h3-5,7,20H,6H2,1-2H3/b11-5-. The molecule has 0 bridgehead atoms. The van der Waals surface area contributed by atoms with Gasteiger partial charge in [-0.25, -0.2) is 0 Å². The number of amides is 2. The maximum atomic E-state index is 12.3. The lowest BCUT2D eigenvalue weighted by molar-refractivity contribution is -0.149. The number of benzene rings is 1. The fourth-order valence-electron chi connectivity index (χ4n) is 1.89. The van der Waals surface area contributed by atoms with Crippen LogP contribution in [-0.4, -0.2) is 39.8 Å². The number of aromatic hydroxyl groups is 1. The van der Waals surface area contributed by atoms with E-state index in [9.17, 15) is 19.5 Å². The summed E-state index contributed by atoms with van der Waals surface area (Å²) < 4.78 is 6.25. The maximum absolute atomic E-state index is 12.3. The smallest absolute Gasteiger partial charge is 0.326 e. The van der Waals surface area contributed by atoms with E-state index in [4.69, 9.17) is 4.74 Å². The largest absolute Gasteiger partial charge is 0.506 e. The molecule has 0 saturated carbocycles. The zero-order valence-electron chi connectivity index (χ0n) is 12.7. The van der Waals surface area contributed by atoms with Crippen molar-refractivity contribution in [2.24, 2.45) is 0 Å². The molecule has 2 amide bonds. The van der Waals surface area contributed by atoms with Crippen molar-refractivity contribution in [3.63, 3.8) is 0 Å². The van der Waals surface area contributed by atoms with Gasteiger partial charge in [0, 0.05) is 0 Å². The first-order chi connectivity index (χ1) is 11.2. The molecule has 1 aromatic carbocycles. The Balaban J connectivity index is 2.20. The van der Waals surface area contributed by atoms with Crippen LogP contribution in [0.3, 0.4) is 0 Å². The quantitative estimate of drug-likeness (QED) is 0.337. The second kappa shape index (κ2) is 8.04. The van der Waals surface area contributed by atoms with Gasteiger partial charge in [-0.2, -0.15) is 0 Å². The zero-order valence-corrected chi connectivity index (χ0v) is 17.8. The topological polar surface area (TPSA) is 83.9 Å². The van der Waals surface area contributed by atoms with Crippen LogP contribution in [0.25, 0.3) is 6.08 Å². The van der Waals surface area contributed by atoms with Gasteiger partial charge >= 0.3 is 5.97 Å². The highest BCUT2D eigenvalue weighted by molar-refractivity contribution is 14.1. The first-order valence-electron chi connectivity index (χ1n) is 6.82. The molecule has 0 radical (unpaired) electrons. The minimum Gasteiger partial charge on any atom is -0.506 e. The van der Waals surface area contributed by atoms with Crippen LogP contribution in [0.1, 0.15) is 19.4 Å². The third-order valence-electron chi connectivity index (χ3n) is 2.86. The lowest BCUT2D eigenvalue weighted by Crippen LogP contribution is -2.35. The number of esters is 1. The zero-order chi connectivity index (χ0) is 18.0. The lowest BCUT2D eigenvalue weighted by atomic mass is 10.2. The Kier molecular flexibility index (Phi) is 6.53. The van der Waals surface area contributed by atoms with Crippen molar-refractivity contribution in [2.45, 2.75) is 20.0 Å². The Morgan fingerprint density at radius 2 is 1.92 bits per heavy atom. The fourth-order valence-corrected chi connectivity index (χ4v) is 4.54. The highest BCUT2D eigenvalue weighted by atomic mass is 127. The van der Waals surface area contributed by atoms with Gasteiger partial charge < -0.3 is 9.84 Å². The summed E-state index contributed by atoms with van der Waals surface area (Å²) in [4.78, 5) is 37.1. The Labute approximate surface area is 170 Å². The summed E-state index contributed by atoms with van der Waals surface area (Å²) >= 11 is 4.75. The van der Waals surface area contributed by atoms with E-state index in [0.29, 0.717) is 12.7 Å². The fraction of sp³-hybridized carbons (Fsp3) is 0.267. The van der Waals surface area contributed by atoms with E-state index in [1.807, 2.05) is 45.2 Å². The second-order valence-corrected chi connectivity index (χ2v) is 8.46. The number of hydrogen-bond donors (Lipinski definition) is 1. The number of carbonyl (C=O) groups excluding carboxylic acids is 3. The van der Waals surface area contributed by atoms with Crippen molar-refractivity contribution < 1.29 is 24.2 Å². The molecule has 0 spiro atoms. The van der Waals surface area contributed by atoms with E-state index in [1.165, 1.54) is 0 Å². The van der Waals surface area contributed by atoms with Gasteiger partial charge in [-0.05, 0) is 94.6 Å². The normalized spacial score (nSPS) is 16.4. The van der Waals surface area contributed by atoms with E-state index in [1.54, 1.807) is 32.1 Å². The minimum absolute atomic E-state index is 0.179. The number of carbonyl (C=O) groups is 3. The molecule has 1 heterocycles. The first kappa shape index (κ1) is 19.5. The molecule has 128 valence electrons. The Hall–Kier alpha value is -0.820. The molecular formula is C15H13I2NO5S. The van der Waals surface area contributed by atoms with Crippen LogP contribution in [0.5, 0.6) is 5.75 Å². The summed E-state index contributed by atoms with van der Waals surface area (Å²) in [6.45, 7) is 2.99. The van der Waals surface area contributed by atoms with Gasteiger partial charge in [0.25, 0.3) is 11.1 Å². The summed E-state index contributed by atoms with van der Waals surface area (Å²) in [5.41, 5.74) is 0.692. The third-order valence-corrected chi connectivity index (χ3v) is 5.42. The first-order valence-corrected chi connectivity index (χ1v) is 9.79. The number of thioether (sulfide) groups is 1. The predicted molar refractivity (Wildman–Crippen MR) is 107 cm³/mol. The van der Waals surface area contributed by atoms with Gasteiger partial charge in [0.05, 0.1) is 18.1 Å². The molecule has 1 aliphatic rings. The molecule has 0 aliphatic carbocycles. The molecular weight excluding hydrogens is 560 g/mol. The molecule has 0 atom stereocenters. The van der Waals surface area contributed by atoms with Crippen LogP contribution < -0.4 is 0 Å². The molecule has 2 rings (SSSR count). The van der Waals surface area contributed by atoms with Gasteiger partial charge in [0.1, 0.15) is 12.3 Å². The molecule has 1 saturated heterocycles. The molecule has 1 aliphatic heterocycles. The Morgan fingerprint density at radius 3 is 2.46 bits per heavy atom. The number of imide groups is 1. The molecule has 6 nitrogen and oxygen atoms in total. The number of nitrogens with zero attached hydrogens (tertiary/aromatic N) is 1. The SMILES string of the molecule is CC(C)OC(=O)CN1C(=O)S/C(=C\c2cc(I)c(O)c(I)c2)C1=O. The van der Waals surface area contributed by atoms with E-state index < -0.39 is 23.7 Å². The van der Waals surface area contributed by atoms with Crippen LogP contribution in [0.2, 0.25) is 0 Å². The summed E-state index contributed by atoms with van der Waals surface area (Å²) in [7, 11) is 0. The number of phenols is 1. The highest BCUT2D eigenvalue weighted by Gasteiger charge is 2.36. The van der Waals surface area contributed by atoms with Gasteiger partial charge in [-0.3, -0.25) is 19.3 Å². The van der Waals surface area contributed by atoms with Crippen molar-refractivity contribution >= 4 is 80.1 Å². The van der Waals surface area contributed by atoms with Gasteiger partial charge in [0.2, 0.25) is 0 Å². The average Bonchev–Trinajstić information content (AvgIpc) is 2.71.